The first-order valence-corrected chi connectivity index (χ1v) is 12.0. The van der Waals surface area contributed by atoms with E-state index < -0.39 is 10.0 Å². The van der Waals surface area contributed by atoms with Gasteiger partial charge in [-0.3, -0.25) is 4.79 Å². The number of ether oxygens (including phenoxy) is 1. The van der Waals surface area contributed by atoms with Crippen molar-refractivity contribution < 1.29 is 17.9 Å². The Kier molecular flexibility index (Phi) is 7.43. The van der Waals surface area contributed by atoms with E-state index in [2.05, 4.69) is 15.6 Å². The van der Waals surface area contributed by atoms with Crippen LogP contribution in [0.5, 0.6) is 0 Å². The fourth-order valence-electron chi connectivity index (χ4n) is 3.66. The second-order valence-electron chi connectivity index (χ2n) is 7.82. The number of carbonyl (C=O) groups is 1. The molecule has 1 aliphatic rings. The minimum atomic E-state index is -3.71. The van der Waals surface area contributed by atoms with E-state index in [0.717, 1.165) is 11.9 Å². The van der Waals surface area contributed by atoms with E-state index >= 15 is 0 Å². The van der Waals surface area contributed by atoms with Gasteiger partial charge in [0.05, 0.1) is 16.3 Å². The lowest BCUT2D eigenvalue weighted by molar-refractivity contribution is -0.126. The number of hydrogen-bond acceptors (Lipinski definition) is 6. The molecule has 1 aromatic carbocycles. The molecule has 1 aromatic heterocycles. The molecule has 1 fully saturated rings. The Labute approximate surface area is 177 Å². The molecule has 1 aliphatic heterocycles. The monoisotopic (exact) mass is 437 g/mol. The quantitative estimate of drug-likeness (QED) is 0.601. The molecule has 2 heterocycles. The zero-order valence-corrected chi connectivity index (χ0v) is 18.7. The number of piperidine rings is 1. The Morgan fingerprint density at radius 2 is 2.17 bits per heavy atom. The van der Waals surface area contributed by atoms with Crippen LogP contribution < -0.4 is 5.32 Å². The van der Waals surface area contributed by atoms with Gasteiger partial charge in [-0.15, -0.1) is 5.10 Å². The van der Waals surface area contributed by atoms with E-state index in [0.29, 0.717) is 44.7 Å². The fraction of sp³-hybridized carbons (Fsp3) is 0.650. The lowest BCUT2D eigenvalue weighted by atomic mass is 9.99. The van der Waals surface area contributed by atoms with Gasteiger partial charge in [0, 0.05) is 38.9 Å². The first-order chi connectivity index (χ1) is 14.3. The zero-order chi connectivity index (χ0) is 21.7. The van der Waals surface area contributed by atoms with Gasteiger partial charge < -0.3 is 10.1 Å². The normalized spacial score (nSPS) is 18.2. The second-order valence-corrected chi connectivity index (χ2v) is 9.76. The number of fused-ring (bicyclic) bond motifs is 1. The Bertz CT molecular complexity index is 973. The van der Waals surface area contributed by atoms with Crippen molar-refractivity contribution in [3.63, 3.8) is 0 Å². The van der Waals surface area contributed by atoms with Crippen LogP contribution in [0.2, 0.25) is 0 Å². The van der Waals surface area contributed by atoms with Crippen molar-refractivity contribution in [2.45, 2.75) is 51.0 Å². The molecule has 30 heavy (non-hydrogen) atoms. The highest BCUT2D eigenvalue weighted by Crippen LogP contribution is 2.26. The number of aromatic nitrogens is 3. The molecule has 9 nitrogen and oxygen atoms in total. The topological polar surface area (TPSA) is 106 Å². The van der Waals surface area contributed by atoms with Crippen LogP contribution >= 0.6 is 0 Å². The molecule has 0 bridgehead atoms. The van der Waals surface area contributed by atoms with Gasteiger partial charge in [-0.05, 0) is 58.2 Å². The summed E-state index contributed by atoms with van der Waals surface area (Å²) in [5.74, 6) is -0.437. The minimum absolute atomic E-state index is 0.0956. The van der Waals surface area contributed by atoms with Crippen molar-refractivity contribution in [1.29, 1.82) is 0 Å². The lowest BCUT2D eigenvalue weighted by Crippen LogP contribution is -2.45. The largest absolute Gasteiger partial charge is 0.382 e. The third-order valence-corrected chi connectivity index (χ3v) is 7.15. The molecule has 0 aliphatic carbocycles. The van der Waals surface area contributed by atoms with Gasteiger partial charge in [0.2, 0.25) is 15.9 Å². The first-order valence-electron chi connectivity index (χ1n) is 10.5. The molecule has 2 aromatic rings. The average Bonchev–Trinajstić information content (AvgIpc) is 3.17. The van der Waals surface area contributed by atoms with Gasteiger partial charge in [0.25, 0.3) is 0 Å². The summed E-state index contributed by atoms with van der Waals surface area (Å²) in [4.78, 5) is 12.7. The van der Waals surface area contributed by atoms with Crippen molar-refractivity contribution in [1.82, 2.24) is 24.6 Å². The maximum absolute atomic E-state index is 13.2. The van der Waals surface area contributed by atoms with Crippen molar-refractivity contribution in [2.24, 2.45) is 5.92 Å². The van der Waals surface area contributed by atoms with Crippen LogP contribution in [-0.2, 0) is 19.6 Å². The highest BCUT2D eigenvalue weighted by molar-refractivity contribution is 7.89. The summed E-state index contributed by atoms with van der Waals surface area (Å²) in [6, 6.07) is 5.03. The van der Waals surface area contributed by atoms with Gasteiger partial charge in [-0.25, -0.2) is 13.1 Å². The summed E-state index contributed by atoms with van der Waals surface area (Å²) in [6.07, 6.45) is 2.08. The molecular formula is C20H31N5O4S. The summed E-state index contributed by atoms with van der Waals surface area (Å²) < 4.78 is 34.8. The lowest BCUT2D eigenvalue weighted by Gasteiger charge is -2.31. The van der Waals surface area contributed by atoms with Crippen LogP contribution in [0.25, 0.3) is 11.0 Å². The number of nitrogens with one attached hydrogen (secondary N) is 1. The predicted octanol–water partition coefficient (Wildman–Crippen LogP) is 1.96. The van der Waals surface area contributed by atoms with Crippen molar-refractivity contribution >= 4 is 27.0 Å². The molecule has 0 spiro atoms. The number of hydrogen-bond donors (Lipinski definition) is 1. The third-order valence-electron chi connectivity index (χ3n) is 5.29. The molecule has 10 heteroatoms. The van der Waals surface area contributed by atoms with Crippen LogP contribution in [0.4, 0.5) is 0 Å². The summed E-state index contributed by atoms with van der Waals surface area (Å²) in [5.41, 5.74) is 1.34. The number of rotatable bonds is 9. The maximum atomic E-state index is 13.2. The summed E-state index contributed by atoms with van der Waals surface area (Å²) >= 11 is 0. The number of sulfonamides is 1. The van der Waals surface area contributed by atoms with Gasteiger partial charge >= 0.3 is 0 Å². The van der Waals surface area contributed by atoms with E-state index in [1.807, 2.05) is 20.8 Å². The van der Waals surface area contributed by atoms with Crippen LogP contribution in [0.1, 0.15) is 46.1 Å². The molecule has 0 unspecified atom stereocenters. The second kappa shape index (κ2) is 9.84. The Hall–Kier alpha value is -2.04. The highest BCUT2D eigenvalue weighted by Gasteiger charge is 2.33. The third kappa shape index (κ3) is 4.98. The van der Waals surface area contributed by atoms with Crippen LogP contribution in [-0.4, -0.2) is 66.5 Å². The average molecular weight is 438 g/mol. The Morgan fingerprint density at radius 3 is 2.90 bits per heavy atom. The first kappa shape index (κ1) is 22.6. The van der Waals surface area contributed by atoms with E-state index in [-0.39, 0.29) is 29.3 Å². The van der Waals surface area contributed by atoms with Crippen LogP contribution in [0, 0.1) is 5.92 Å². The predicted molar refractivity (Wildman–Crippen MR) is 114 cm³/mol. The molecule has 0 radical (unpaired) electrons. The molecule has 0 saturated carbocycles. The molecule has 1 saturated heterocycles. The van der Waals surface area contributed by atoms with Crippen LogP contribution in [0.15, 0.2) is 23.1 Å². The zero-order valence-electron chi connectivity index (χ0n) is 17.9. The van der Waals surface area contributed by atoms with Crippen molar-refractivity contribution in [2.75, 3.05) is 32.8 Å². The molecule has 1 atom stereocenters. The minimum Gasteiger partial charge on any atom is -0.382 e. The summed E-state index contributed by atoms with van der Waals surface area (Å²) in [5, 5.41) is 11.1. The highest BCUT2D eigenvalue weighted by atomic mass is 32.2. The molecule has 166 valence electrons. The fourth-order valence-corrected chi connectivity index (χ4v) is 5.21. The smallest absolute Gasteiger partial charge is 0.243 e. The molecule has 1 amide bonds. The van der Waals surface area contributed by atoms with Gasteiger partial charge in [-0.1, -0.05) is 5.21 Å². The van der Waals surface area contributed by atoms with Crippen molar-refractivity contribution in [3.8, 4) is 0 Å². The molecule has 1 N–H and O–H groups in total. The van der Waals surface area contributed by atoms with Gasteiger partial charge in [-0.2, -0.15) is 4.31 Å². The Morgan fingerprint density at radius 1 is 1.37 bits per heavy atom. The summed E-state index contributed by atoms with van der Waals surface area (Å²) in [7, 11) is -3.71. The van der Waals surface area contributed by atoms with Crippen molar-refractivity contribution in [3.05, 3.63) is 18.2 Å². The van der Waals surface area contributed by atoms with E-state index in [9.17, 15) is 13.2 Å². The number of benzene rings is 1. The number of nitrogens with zero attached hydrogens (tertiary/aromatic N) is 4. The number of carbonyl (C=O) groups excluding carboxylic acids is 1. The van der Waals surface area contributed by atoms with E-state index in [1.165, 1.54) is 4.31 Å². The SMILES string of the molecule is CCOCCCNC(=O)[C@@H]1CCCN(S(=O)(=O)c2ccc3c(c2)nnn3C(C)C)C1. The Balaban J connectivity index is 1.68. The van der Waals surface area contributed by atoms with E-state index in [1.54, 1.807) is 22.9 Å². The molecule has 3 rings (SSSR count). The maximum Gasteiger partial charge on any atom is 0.243 e. The summed E-state index contributed by atoms with van der Waals surface area (Å²) in [6.45, 7) is 8.31. The standard InChI is InChI=1S/C20H31N5O4S/c1-4-29-12-6-10-21-20(26)16-7-5-11-24(14-16)30(27,28)17-8-9-19-18(13-17)22-23-25(19)15(2)3/h8-9,13,15-16H,4-7,10-12,14H2,1-3H3,(H,21,26)/t16-/m1/s1. The number of amides is 1. The van der Waals surface area contributed by atoms with Crippen LogP contribution in [0.3, 0.4) is 0 Å². The van der Waals surface area contributed by atoms with E-state index in [4.69, 9.17) is 4.74 Å². The van der Waals surface area contributed by atoms with Gasteiger partial charge in [0.15, 0.2) is 0 Å². The van der Waals surface area contributed by atoms with Gasteiger partial charge in [0.1, 0.15) is 5.52 Å². The molecular weight excluding hydrogens is 406 g/mol.